The Bertz CT molecular complexity index is 277. The van der Waals surface area contributed by atoms with Gasteiger partial charge in [0.25, 0.3) is 0 Å². The number of ether oxygens (including phenoxy) is 1. The minimum absolute atomic E-state index is 0.0195. The highest BCUT2D eigenvalue weighted by Crippen LogP contribution is 2.41. The summed E-state index contributed by atoms with van der Waals surface area (Å²) in [6.45, 7) is 3.38. The summed E-state index contributed by atoms with van der Waals surface area (Å²) in [4.78, 5) is 12.3. The number of ketones is 1. The Kier molecular flexibility index (Phi) is 4.50. The van der Waals surface area contributed by atoms with Gasteiger partial charge < -0.3 is 10.5 Å². The highest BCUT2D eigenvalue weighted by atomic mass is 32.2. The van der Waals surface area contributed by atoms with Crippen LogP contribution in [-0.4, -0.2) is 36.0 Å². The summed E-state index contributed by atoms with van der Waals surface area (Å²) in [7, 11) is 0. The van der Waals surface area contributed by atoms with Gasteiger partial charge in [-0.05, 0) is 38.0 Å². The van der Waals surface area contributed by atoms with Crippen LogP contribution in [-0.2, 0) is 9.53 Å². The Morgan fingerprint density at radius 3 is 3.12 bits per heavy atom. The topological polar surface area (TPSA) is 52.3 Å². The fraction of sp³-hybridized carbons (Fsp3) is 0.923. The van der Waals surface area contributed by atoms with Crippen molar-refractivity contribution in [3.05, 3.63) is 0 Å². The van der Waals surface area contributed by atoms with E-state index >= 15 is 0 Å². The molecule has 17 heavy (non-hydrogen) atoms. The predicted octanol–water partition coefficient (Wildman–Crippen LogP) is 1.84. The molecular formula is C13H23NO2S. The molecular weight excluding hydrogens is 234 g/mol. The molecule has 2 heterocycles. The third kappa shape index (κ3) is 3.04. The average molecular weight is 257 g/mol. The van der Waals surface area contributed by atoms with Gasteiger partial charge in [-0.25, -0.2) is 0 Å². The van der Waals surface area contributed by atoms with Crippen LogP contribution in [0.2, 0.25) is 0 Å². The second-order valence-corrected chi connectivity index (χ2v) is 6.51. The van der Waals surface area contributed by atoms with Gasteiger partial charge in [0.2, 0.25) is 0 Å². The molecule has 2 rings (SSSR count). The molecule has 2 aliphatic heterocycles. The lowest BCUT2D eigenvalue weighted by Crippen LogP contribution is -2.43. The van der Waals surface area contributed by atoms with E-state index < -0.39 is 0 Å². The Balaban J connectivity index is 1.94. The molecule has 3 unspecified atom stereocenters. The lowest BCUT2D eigenvalue weighted by Gasteiger charge is -2.37. The molecule has 3 nitrogen and oxygen atoms in total. The Hall–Kier alpha value is -0.0600. The molecule has 0 bridgehead atoms. The first-order valence-corrected chi connectivity index (χ1v) is 7.78. The van der Waals surface area contributed by atoms with E-state index in [9.17, 15) is 4.79 Å². The molecule has 3 atom stereocenters. The molecule has 1 spiro atoms. The molecule has 0 aromatic carbocycles. The van der Waals surface area contributed by atoms with E-state index in [1.807, 2.05) is 18.7 Å². The normalized spacial score (nSPS) is 35.1. The van der Waals surface area contributed by atoms with Crippen LogP contribution in [0.25, 0.3) is 0 Å². The van der Waals surface area contributed by atoms with Gasteiger partial charge in [-0.1, -0.05) is 6.92 Å². The SMILES string of the molecule is CC(CCN)C(=O)C1CCOC2(CCSC2)C1. The van der Waals surface area contributed by atoms with Gasteiger partial charge in [-0.15, -0.1) is 0 Å². The summed E-state index contributed by atoms with van der Waals surface area (Å²) in [5, 5.41) is 0. The third-order valence-electron chi connectivity index (χ3n) is 4.05. The minimum Gasteiger partial charge on any atom is -0.374 e. The lowest BCUT2D eigenvalue weighted by atomic mass is 9.79. The Morgan fingerprint density at radius 1 is 1.65 bits per heavy atom. The van der Waals surface area contributed by atoms with Crippen molar-refractivity contribution in [3.63, 3.8) is 0 Å². The van der Waals surface area contributed by atoms with Crippen LogP contribution in [0.4, 0.5) is 0 Å². The summed E-state index contributed by atoms with van der Waals surface area (Å²) in [5.74, 6) is 3.00. The maximum Gasteiger partial charge on any atom is 0.139 e. The predicted molar refractivity (Wildman–Crippen MR) is 71.2 cm³/mol. The van der Waals surface area contributed by atoms with E-state index in [0.29, 0.717) is 12.3 Å². The molecule has 2 aliphatic rings. The zero-order valence-corrected chi connectivity index (χ0v) is 11.4. The first kappa shape index (κ1) is 13.4. The van der Waals surface area contributed by atoms with Crippen molar-refractivity contribution in [2.75, 3.05) is 24.7 Å². The van der Waals surface area contributed by atoms with Crippen molar-refractivity contribution in [2.45, 2.75) is 38.2 Å². The number of Topliss-reactive ketones (excluding diaryl/α,β-unsaturated/α-hetero) is 1. The van der Waals surface area contributed by atoms with Crippen LogP contribution < -0.4 is 5.73 Å². The van der Waals surface area contributed by atoms with Crippen LogP contribution >= 0.6 is 11.8 Å². The summed E-state index contributed by atoms with van der Waals surface area (Å²) in [6, 6.07) is 0. The van der Waals surface area contributed by atoms with Crippen molar-refractivity contribution >= 4 is 17.5 Å². The minimum atomic E-state index is 0.0195. The number of carbonyl (C=O) groups is 1. The molecule has 0 radical (unpaired) electrons. The fourth-order valence-corrected chi connectivity index (χ4v) is 4.31. The van der Waals surface area contributed by atoms with Gasteiger partial charge in [0, 0.05) is 24.2 Å². The lowest BCUT2D eigenvalue weighted by molar-refractivity contribution is -0.137. The molecule has 4 heteroatoms. The molecule has 0 aromatic heterocycles. The Labute approximate surface area is 108 Å². The van der Waals surface area contributed by atoms with Crippen LogP contribution in [0.15, 0.2) is 0 Å². The summed E-state index contributed by atoms with van der Waals surface area (Å²) in [6.07, 6.45) is 3.78. The maximum absolute atomic E-state index is 12.3. The van der Waals surface area contributed by atoms with Crippen molar-refractivity contribution < 1.29 is 9.53 Å². The van der Waals surface area contributed by atoms with Crippen molar-refractivity contribution in [1.29, 1.82) is 0 Å². The zero-order chi connectivity index (χ0) is 12.3. The molecule has 2 N–H and O–H groups in total. The zero-order valence-electron chi connectivity index (χ0n) is 10.6. The highest BCUT2D eigenvalue weighted by Gasteiger charge is 2.42. The highest BCUT2D eigenvalue weighted by molar-refractivity contribution is 7.99. The molecule has 0 amide bonds. The number of hydrogen-bond acceptors (Lipinski definition) is 4. The Morgan fingerprint density at radius 2 is 2.47 bits per heavy atom. The van der Waals surface area contributed by atoms with Crippen molar-refractivity contribution in [3.8, 4) is 0 Å². The molecule has 2 fully saturated rings. The van der Waals surface area contributed by atoms with Gasteiger partial charge in [-0.2, -0.15) is 11.8 Å². The van der Waals surface area contributed by atoms with Gasteiger partial charge in [0.05, 0.1) is 5.60 Å². The van der Waals surface area contributed by atoms with E-state index in [1.54, 1.807) is 0 Å². The van der Waals surface area contributed by atoms with E-state index in [2.05, 4.69) is 0 Å². The third-order valence-corrected chi connectivity index (χ3v) is 5.27. The summed E-state index contributed by atoms with van der Waals surface area (Å²) >= 11 is 1.96. The number of rotatable bonds is 4. The molecule has 0 aliphatic carbocycles. The first-order valence-electron chi connectivity index (χ1n) is 6.62. The largest absolute Gasteiger partial charge is 0.374 e. The van der Waals surface area contributed by atoms with Gasteiger partial charge in [0.1, 0.15) is 5.78 Å². The first-order chi connectivity index (χ1) is 8.17. The van der Waals surface area contributed by atoms with Gasteiger partial charge in [-0.3, -0.25) is 4.79 Å². The van der Waals surface area contributed by atoms with Crippen LogP contribution in [0, 0.1) is 11.8 Å². The monoisotopic (exact) mass is 257 g/mol. The molecule has 0 saturated carbocycles. The number of carbonyl (C=O) groups excluding carboxylic acids is 1. The standard InChI is InChI=1S/C13H23NO2S/c1-10(2-5-14)12(15)11-3-6-16-13(8-11)4-7-17-9-13/h10-11H,2-9,14H2,1H3. The average Bonchev–Trinajstić information content (AvgIpc) is 2.76. The quantitative estimate of drug-likeness (QED) is 0.835. The van der Waals surface area contributed by atoms with Crippen molar-refractivity contribution in [2.24, 2.45) is 17.6 Å². The molecule has 98 valence electrons. The van der Waals surface area contributed by atoms with Gasteiger partial charge >= 0.3 is 0 Å². The van der Waals surface area contributed by atoms with E-state index in [1.165, 1.54) is 5.75 Å². The number of thioether (sulfide) groups is 1. The van der Waals surface area contributed by atoms with Crippen LogP contribution in [0.5, 0.6) is 0 Å². The smallest absolute Gasteiger partial charge is 0.139 e. The molecule has 2 saturated heterocycles. The molecule has 0 aromatic rings. The van der Waals surface area contributed by atoms with Crippen LogP contribution in [0.3, 0.4) is 0 Å². The maximum atomic E-state index is 12.3. The van der Waals surface area contributed by atoms with Crippen LogP contribution in [0.1, 0.15) is 32.6 Å². The van der Waals surface area contributed by atoms with E-state index in [4.69, 9.17) is 10.5 Å². The summed E-state index contributed by atoms with van der Waals surface area (Å²) in [5.41, 5.74) is 5.55. The van der Waals surface area contributed by atoms with Gasteiger partial charge in [0.15, 0.2) is 0 Å². The fourth-order valence-electron chi connectivity index (χ4n) is 2.93. The second-order valence-electron chi connectivity index (χ2n) is 5.40. The number of hydrogen-bond donors (Lipinski definition) is 1. The van der Waals surface area contributed by atoms with E-state index in [0.717, 1.165) is 38.0 Å². The number of nitrogens with two attached hydrogens (primary N) is 1. The second kappa shape index (κ2) is 5.72. The summed E-state index contributed by atoms with van der Waals surface area (Å²) < 4.78 is 5.95. The van der Waals surface area contributed by atoms with Crippen molar-refractivity contribution in [1.82, 2.24) is 0 Å². The van der Waals surface area contributed by atoms with E-state index in [-0.39, 0.29) is 17.4 Å².